The van der Waals surface area contributed by atoms with Crippen molar-refractivity contribution in [3.05, 3.63) is 0 Å². The van der Waals surface area contributed by atoms with Gasteiger partial charge < -0.3 is 5.48 Å². The average molecular weight is 235 g/mol. The summed E-state index contributed by atoms with van der Waals surface area (Å²) in [6.45, 7) is 0. The van der Waals surface area contributed by atoms with Crippen molar-refractivity contribution in [3.63, 3.8) is 0 Å². The van der Waals surface area contributed by atoms with Crippen molar-refractivity contribution in [1.82, 2.24) is 0 Å². The zero-order valence-corrected chi connectivity index (χ0v) is 5.39. The third-order valence-electron chi connectivity index (χ3n) is 0. The zero-order chi connectivity index (χ0) is 5.45. The van der Waals surface area contributed by atoms with Gasteiger partial charge in [-0.3, -0.25) is 0 Å². The fourth-order valence-corrected chi connectivity index (χ4v) is 0. The summed E-state index contributed by atoms with van der Waals surface area (Å²) in [6.07, 6.45) is 0. The van der Waals surface area contributed by atoms with Crippen molar-refractivity contribution in [1.29, 1.82) is 0 Å². The molecule has 0 aliphatic carbocycles. The van der Waals surface area contributed by atoms with Crippen molar-refractivity contribution < 1.29 is 19.5 Å². The van der Waals surface area contributed by atoms with Crippen LogP contribution in [-0.2, 0) is 0 Å². The Kier molecular flexibility index (Phi) is 2.59. The van der Waals surface area contributed by atoms with Crippen LogP contribution in [0.3, 0.4) is 0 Å². The minimum absolute atomic E-state index is 0. The summed E-state index contributed by atoms with van der Waals surface area (Å²) in [5, 5.41) is 0. The van der Waals surface area contributed by atoms with Crippen LogP contribution < -0.4 is 0 Å². The van der Waals surface area contributed by atoms with Crippen LogP contribution in [0.2, 0.25) is 0 Å². The Labute approximate surface area is 40.5 Å². The molecule has 0 aromatic carbocycles. The molecule has 0 aromatic heterocycles. The monoisotopic (exact) mass is 234 g/mol. The van der Waals surface area contributed by atoms with Gasteiger partial charge in [-0.2, -0.15) is 0 Å². The third-order valence-corrected chi connectivity index (χ3v) is 0. The SMILES string of the molecule is O.[F][Sb]([F])([F])([F])[F]. The van der Waals surface area contributed by atoms with Crippen LogP contribution in [-0.4, -0.2) is 25.8 Å². The van der Waals surface area contributed by atoms with Crippen LogP contribution in [0.5, 0.6) is 0 Å². The number of halogens is 5. The summed E-state index contributed by atoms with van der Waals surface area (Å²) < 4.78 is 49.6. The maximum absolute atomic E-state index is 9.91. The molecule has 0 saturated carbocycles. The quantitative estimate of drug-likeness (QED) is 0.441. The van der Waals surface area contributed by atoms with Gasteiger partial charge in [0.25, 0.3) is 0 Å². The van der Waals surface area contributed by atoms with Gasteiger partial charge in [-0.05, 0) is 0 Å². The van der Waals surface area contributed by atoms with Gasteiger partial charge in [0.05, 0.1) is 0 Å². The molecule has 0 bridgehead atoms. The van der Waals surface area contributed by atoms with Gasteiger partial charge in [0.2, 0.25) is 0 Å². The predicted molar refractivity (Wildman–Crippen MR) is 14.9 cm³/mol. The second-order valence-corrected chi connectivity index (χ2v) is 4.29. The standard InChI is InChI=1S/5FH.H2O.Sb/h5*1H;1H2;/q;;;;;;+5/p-5. The van der Waals surface area contributed by atoms with Gasteiger partial charge >= 0.3 is 34.4 Å². The van der Waals surface area contributed by atoms with E-state index in [0.29, 0.717) is 0 Å². The van der Waals surface area contributed by atoms with Gasteiger partial charge in [0, 0.05) is 0 Å². The van der Waals surface area contributed by atoms with E-state index in [-0.39, 0.29) is 5.48 Å². The summed E-state index contributed by atoms with van der Waals surface area (Å²) in [4.78, 5) is 0. The molecule has 0 atom stereocenters. The normalized spacial score (nSPS) is 16.4. The molecule has 0 aliphatic rings. The molecule has 0 aliphatic heterocycles. The van der Waals surface area contributed by atoms with E-state index >= 15 is 0 Å². The third kappa shape index (κ3) is 688. The van der Waals surface area contributed by atoms with E-state index in [9.17, 15) is 14.1 Å². The van der Waals surface area contributed by atoms with Crippen molar-refractivity contribution in [3.8, 4) is 0 Å². The molecule has 7 heteroatoms. The zero-order valence-electron chi connectivity index (χ0n) is 2.84. The fourth-order valence-electron chi connectivity index (χ4n) is 0. The van der Waals surface area contributed by atoms with Crippen LogP contribution in [0.25, 0.3) is 0 Å². The summed E-state index contributed by atoms with van der Waals surface area (Å²) in [7, 11) is 0. The van der Waals surface area contributed by atoms with E-state index in [4.69, 9.17) is 0 Å². The van der Waals surface area contributed by atoms with Gasteiger partial charge in [-0.1, -0.05) is 0 Å². The van der Waals surface area contributed by atoms with Crippen LogP contribution >= 0.6 is 0 Å². The molecule has 0 radical (unpaired) electrons. The average Bonchev–Trinajstić information content (AvgIpc) is 0.650. The number of rotatable bonds is 0. The van der Waals surface area contributed by atoms with Crippen molar-refractivity contribution in [2.24, 2.45) is 0 Å². The molecule has 0 aromatic rings. The topological polar surface area (TPSA) is 31.5 Å². The van der Waals surface area contributed by atoms with Crippen LogP contribution in [0.1, 0.15) is 0 Å². The van der Waals surface area contributed by atoms with E-state index in [1.54, 1.807) is 0 Å². The molecule has 48 valence electrons. The summed E-state index contributed by atoms with van der Waals surface area (Å²) in [6, 6.07) is 0. The first-order valence-corrected chi connectivity index (χ1v) is 5.67. The molecule has 0 amide bonds. The molecular formula is H2F5OSb. The van der Waals surface area contributed by atoms with Crippen molar-refractivity contribution in [2.45, 2.75) is 0 Å². The Balaban J connectivity index is 0. The van der Waals surface area contributed by atoms with Gasteiger partial charge in [-0.25, -0.2) is 0 Å². The number of hydrogen-bond donors (Lipinski definition) is 0. The van der Waals surface area contributed by atoms with E-state index in [2.05, 4.69) is 0 Å². The molecule has 0 unspecified atom stereocenters. The maximum atomic E-state index is 9.91. The van der Waals surface area contributed by atoms with Gasteiger partial charge in [-0.15, -0.1) is 0 Å². The predicted octanol–water partition coefficient (Wildman–Crippen LogP) is 0.895. The molecule has 0 saturated heterocycles. The van der Waals surface area contributed by atoms with E-state index in [1.165, 1.54) is 0 Å². The Hall–Kier alpha value is 0.428. The second-order valence-electron chi connectivity index (χ2n) is 0.639. The van der Waals surface area contributed by atoms with E-state index in [0.717, 1.165) is 0 Å². The minimum atomic E-state index is -9.19. The first kappa shape index (κ1) is 10.4. The Morgan fingerprint density at radius 3 is 0.714 bits per heavy atom. The molecule has 0 spiro atoms. The first-order valence-electron chi connectivity index (χ1n) is 0.845. The van der Waals surface area contributed by atoms with Crippen molar-refractivity contribution >= 4 is 20.3 Å². The molecule has 2 N–H and O–H groups in total. The summed E-state index contributed by atoms with van der Waals surface area (Å²) in [5.41, 5.74) is 0. The Morgan fingerprint density at radius 2 is 0.714 bits per heavy atom. The van der Waals surface area contributed by atoms with Crippen molar-refractivity contribution in [2.75, 3.05) is 0 Å². The Bertz CT molecular complexity index is 41.3. The van der Waals surface area contributed by atoms with Crippen LogP contribution in [0.4, 0.5) is 14.1 Å². The molecule has 7 heavy (non-hydrogen) atoms. The summed E-state index contributed by atoms with van der Waals surface area (Å²) >= 11 is -9.19. The Morgan fingerprint density at radius 1 is 0.714 bits per heavy atom. The van der Waals surface area contributed by atoms with Crippen LogP contribution in [0.15, 0.2) is 0 Å². The molecular weight excluding hydrogens is 233 g/mol. The fraction of sp³-hybridized carbons (Fsp3) is 0. The molecule has 0 fully saturated rings. The van der Waals surface area contributed by atoms with E-state index < -0.39 is 20.3 Å². The summed E-state index contributed by atoms with van der Waals surface area (Å²) in [5.74, 6) is 0. The number of hydrogen-bond acceptors (Lipinski definition) is 0. The first-order chi connectivity index (χ1) is 2.24. The molecule has 1 nitrogen and oxygen atoms in total. The second kappa shape index (κ2) is 1.74. The van der Waals surface area contributed by atoms with Gasteiger partial charge in [0.1, 0.15) is 0 Å². The van der Waals surface area contributed by atoms with Gasteiger partial charge in [0.15, 0.2) is 0 Å². The molecule has 0 rings (SSSR count). The van der Waals surface area contributed by atoms with E-state index in [1.807, 2.05) is 0 Å². The molecule has 0 heterocycles. The van der Waals surface area contributed by atoms with Crippen LogP contribution in [0, 0.1) is 0 Å².